The van der Waals surface area contributed by atoms with Crippen LogP contribution in [0.1, 0.15) is 25.8 Å². The van der Waals surface area contributed by atoms with E-state index in [1.165, 1.54) is 0 Å². The van der Waals surface area contributed by atoms with E-state index >= 15 is 0 Å². The van der Waals surface area contributed by atoms with Crippen molar-refractivity contribution in [3.63, 3.8) is 0 Å². The van der Waals surface area contributed by atoms with Gasteiger partial charge >= 0.3 is 0 Å². The van der Waals surface area contributed by atoms with Crippen molar-refractivity contribution < 1.29 is 14.3 Å². The van der Waals surface area contributed by atoms with Crippen LogP contribution in [0, 0.1) is 0 Å². The molecule has 0 N–H and O–H groups in total. The van der Waals surface area contributed by atoms with E-state index in [2.05, 4.69) is 0 Å². The molecule has 27 heavy (non-hydrogen) atoms. The topological polar surface area (TPSA) is 49.9 Å². The third-order valence-corrected chi connectivity index (χ3v) is 4.57. The lowest BCUT2D eigenvalue weighted by Gasteiger charge is -2.25. The molecule has 0 radical (unpaired) electrons. The molecule has 5 nitrogen and oxygen atoms in total. The molecule has 0 fully saturated rings. The lowest BCUT2D eigenvalue weighted by Crippen LogP contribution is -2.37. The van der Waals surface area contributed by atoms with Crippen LogP contribution in [0.15, 0.2) is 54.6 Å². The van der Waals surface area contributed by atoms with Crippen molar-refractivity contribution in [2.75, 3.05) is 31.6 Å². The zero-order chi connectivity index (χ0) is 19.6. The van der Waals surface area contributed by atoms with E-state index in [1.54, 1.807) is 23.8 Å². The number of benzene rings is 2. The van der Waals surface area contributed by atoms with Crippen molar-refractivity contribution in [2.24, 2.45) is 0 Å². The number of para-hydroxylation sites is 2. The minimum Gasteiger partial charge on any atom is -0.496 e. The van der Waals surface area contributed by atoms with Crippen molar-refractivity contribution in [2.45, 2.75) is 26.7 Å². The lowest BCUT2D eigenvalue weighted by molar-refractivity contribution is -0.129. The predicted octanol–water partition coefficient (Wildman–Crippen LogP) is 3.53. The summed E-state index contributed by atoms with van der Waals surface area (Å²) < 4.78 is 5.37. The molecule has 0 heterocycles. The van der Waals surface area contributed by atoms with Crippen LogP contribution < -0.4 is 9.64 Å². The summed E-state index contributed by atoms with van der Waals surface area (Å²) in [6.45, 7) is 5.06. The first-order valence-electron chi connectivity index (χ1n) is 9.29. The molecule has 0 bridgehead atoms. The van der Waals surface area contributed by atoms with Gasteiger partial charge in [-0.25, -0.2) is 0 Å². The van der Waals surface area contributed by atoms with Crippen molar-refractivity contribution in [1.29, 1.82) is 0 Å². The summed E-state index contributed by atoms with van der Waals surface area (Å²) in [6, 6.07) is 17.4. The lowest BCUT2D eigenvalue weighted by atomic mass is 10.1. The smallest absolute Gasteiger partial charge is 0.228 e. The molecule has 0 saturated carbocycles. The van der Waals surface area contributed by atoms with Crippen LogP contribution in [0.3, 0.4) is 0 Å². The number of amides is 2. The molecule has 2 rings (SSSR count). The number of ether oxygens (including phenoxy) is 1. The van der Waals surface area contributed by atoms with Crippen LogP contribution in [0.2, 0.25) is 0 Å². The molecule has 0 saturated heterocycles. The van der Waals surface area contributed by atoms with Crippen molar-refractivity contribution in [3.8, 4) is 5.75 Å². The third kappa shape index (κ3) is 5.84. The van der Waals surface area contributed by atoms with Crippen LogP contribution in [-0.4, -0.2) is 43.5 Å². The Bertz CT molecular complexity index is 746. The Balaban J connectivity index is 1.95. The van der Waals surface area contributed by atoms with Crippen LogP contribution in [0.4, 0.5) is 5.69 Å². The summed E-state index contributed by atoms with van der Waals surface area (Å²) in [5.74, 6) is 0.811. The Hall–Kier alpha value is -2.82. The number of carbonyl (C=O) groups is 2. The Morgan fingerprint density at radius 1 is 0.963 bits per heavy atom. The molecule has 2 aromatic rings. The summed E-state index contributed by atoms with van der Waals surface area (Å²) in [5, 5.41) is 0. The van der Waals surface area contributed by atoms with Crippen molar-refractivity contribution in [3.05, 3.63) is 60.2 Å². The number of nitrogens with zero attached hydrogens (tertiary/aromatic N) is 2. The van der Waals surface area contributed by atoms with Gasteiger partial charge in [-0.2, -0.15) is 0 Å². The van der Waals surface area contributed by atoms with Gasteiger partial charge in [0.25, 0.3) is 0 Å². The second-order valence-corrected chi connectivity index (χ2v) is 6.29. The molecule has 0 aliphatic heterocycles. The molecule has 0 aliphatic carbocycles. The number of hydrogen-bond acceptors (Lipinski definition) is 3. The molecule has 0 spiro atoms. The first-order chi connectivity index (χ1) is 13.1. The Morgan fingerprint density at radius 2 is 1.63 bits per heavy atom. The highest BCUT2D eigenvalue weighted by Crippen LogP contribution is 2.18. The highest BCUT2D eigenvalue weighted by Gasteiger charge is 2.17. The summed E-state index contributed by atoms with van der Waals surface area (Å²) in [5.41, 5.74) is 1.94. The van der Waals surface area contributed by atoms with E-state index in [-0.39, 0.29) is 11.8 Å². The van der Waals surface area contributed by atoms with Crippen molar-refractivity contribution >= 4 is 17.5 Å². The Kier molecular flexibility index (Phi) is 7.86. The minimum absolute atomic E-state index is 0.0206. The van der Waals surface area contributed by atoms with Crippen LogP contribution >= 0.6 is 0 Å². The fourth-order valence-electron chi connectivity index (χ4n) is 3.07. The summed E-state index contributed by atoms with van der Waals surface area (Å²) in [4.78, 5) is 28.1. The third-order valence-electron chi connectivity index (χ3n) is 4.57. The summed E-state index contributed by atoms with van der Waals surface area (Å²) in [7, 11) is 1.64. The van der Waals surface area contributed by atoms with E-state index in [1.807, 2.05) is 61.5 Å². The second kappa shape index (κ2) is 10.4. The van der Waals surface area contributed by atoms with Gasteiger partial charge in [-0.3, -0.25) is 9.59 Å². The summed E-state index contributed by atoms with van der Waals surface area (Å²) in [6.07, 6.45) is 0.988. The van der Waals surface area contributed by atoms with Gasteiger partial charge < -0.3 is 14.5 Å². The van der Waals surface area contributed by atoms with Crippen LogP contribution in [0.25, 0.3) is 0 Å². The molecular weight excluding hydrogens is 340 g/mol. The molecule has 0 aromatic heterocycles. The quantitative estimate of drug-likeness (QED) is 0.680. The zero-order valence-corrected chi connectivity index (χ0v) is 16.4. The van der Waals surface area contributed by atoms with Gasteiger partial charge in [-0.1, -0.05) is 36.4 Å². The first-order valence-corrected chi connectivity index (χ1v) is 9.29. The molecule has 144 valence electrons. The summed E-state index contributed by atoms with van der Waals surface area (Å²) >= 11 is 0. The maximum Gasteiger partial charge on any atom is 0.228 e. The highest BCUT2D eigenvalue weighted by molar-refractivity contribution is 5.93. The number of hydrogen-bond donors (Lipinski definition) is 0. The van der Waals surface area contributed by atoms with Gasteiger partial charge in [0.2, 0.25) is 11.8 Å². The van der Waals surface area contributed by atoms with Gasteiger partial charge in [-0.15, -0.1) is 0 Å². The SMILES string of the molecule is CCN(C(=O)CCN(CCc1ccccc1OC)C(C)=O)c1ccccc1. The monoisotopic (exact) mass is 368 g/mol. The van der Waals surface area contributed by atoms with Gasteiger partial charge in [0.1, 0.15) is 5.75 Å². The molecule has 2 amide bonds. The average molecular weight is 368 g/mol. The van der Waals surface area contributed by atoms with E-state index in [0.29, 0.717) is 32.5 Å². The standard InChI is InChI=1S/C22H28N2O3/c1-4-24(20-11-6-5-7-12-20)22(26)15-17-23(18(2)25)16-14-19-10-8-9-13-21(19)27-3/h5-13H,4,14-17H2,1-3H3. The van der Waals surface area contributed by atoms with E-state index in [9.17, 15) is 9.59 Å². The second-order valence-electron chi connectivity index (χ2n) is 6.29. The van der Waals surface area contributed by atoms with Gasteiger partial charge in [0.15, 0.2) is 0 Å². The van der Waals surface area contributed by atoms with Crippen LogP contribution in [0.5, 0.6) is 5.75 Å². The molecular formula is C22H28N2O3. The molecule has 5 heteroatoms. The average Bonchev–Trinajstić information content (AvgIpc) is 2.69. The molecule has 0 aliphatic rings. The van der Waals surface area contributed by atoms with E-state index in [4.69, 9.17) is 4.74 Å². The van der Waals surface area contributed by atoms with Gasteiger partial charge in [-0.05, 0) is 37.1 Å². The van der Waals surface area contributed by atoms with E-state index < -0.39 is 0 Å². The highest BCUT2D eigenvalue weighted by atomic mass is 16.5. The van der Waals surface area contributed by atoms with Gasteiger partial charge in [0.05, 0.1) is 7.11 Å². The molecule has 2 aromatic carbocycles. The number of methoxy groups -OCH3 is 1. The maximum absolute atomic E-state index is 12.6. The molecule has 0 atom stereocenters. The van der Waals surface area contributed by atoms with Crippen LogP contribution in [-0.2, 0) is 16.0 Å². The Labute approximate surface area is 161 Å². The van der Waals surface area contributed by atoms with E-state index in [0.717, 1.165) is 17.0 Å². The Morgan fingerprint density at radius 3 is 2.26 bits per heavy atom. The number of carbonyl (C=O) groups excluding carboxylic acids is 2. The number of anilines is 1. The minimum atomic E-state index is -0.0274. The first kappa shape index (κ1) is 20.5. The predicted molar refractivity (Wildman–Crippen MR) is 108 cm³/mol. The maximum atomic E-state index is 12.6. The fourth-order valence-corrected chi connectivity index (χ4v) is 3.07. The number of rotatable bonds is 9. The molecule has 0 unspecified atom stereocenters. The normalized spacial score (nSPS) is 10.3. The van der Waals surface area contributed by atoms with Gasteiger partial charge in [0, 0.05) is 38.7 Å². The fraction of sp³-hybridized carbons (Fsp3) is 0.364. The largest absolute Gasteiger partial charge is 0.496 e. The van der Waals surface area contributed by atoms with Crippen molar-refractivity contribution in [1.82, 2.24) is 4.90 Å². The zero-order valence-electron chi connectivity index (χ0n) is 16.4.